The molecule has 1 N–H and O–H groups in total. The fourth-order valence-corrected chi connectivity index (χ4v) is 4.45. The Balaban J connectivity index is 2.00. The first-order chi connectivity index (χ1) is 14.8. The van der Waals surface area contributed by atoms with E-state index in [4.69, 9.17) is 9.47 Å². The standard InChI is InChI=1S/C24H29NO5S/c1-15(2)14-30-18-9-8-17(13-16(18)3)22(26)20-21(19-7-5-12-31-19)25(10-6-11-29-4)24(28)23(20)27/h5,7-9,12-13,15,21,26H,6,10-11,14H2,1-4H3/t21-/m0/s1. The number of carbonyl (C=O) groups is 2. The summed E-state index contributed by atoms with van der Waals surface area (Å²) in [6.45, 7) is 7.50. The summed E-state index contributed by atoms with van der Waals surface area (Å²) < 4.78 is 10.9. The Morgan fingerprint density at radius 1 is 1.26 bits per heavy atom. The number of ether oxygens (including phenoxy) is 2. The van der Waals surface area contributed by atoms with Gasteiger partial charge >= 0.3 is 0 Å². The Morgan fingerprint density at radius 3 is 2.65 bits per heavy atom. The average Bonchev–Trinajstić information content (AvgIpc) is 3.35. The quantitative estimate of drug-likeness (QED) is 0.266. The molecule has 0 unspecified atom stereocenters. The summed E-state index contributed by atoms with van der Waals surface area (Å²) in [7, 11) is 1.60. The monoisotopic (exact) mass is 443 g/mol. The summed E-state index contributed by atoms with van der Waals surface area (Å²) in [5, 5.41) is 13.0. The number of Topliss-reactive ketones (excluding diaryl/α,β-unsaturated/α-hetero) is 1. The number of benzene rings is 1. The van der Waals surface area contributed by atoms with Gasteiger partial charge in [-0.05, 0) is 54.5 Å². The number of rotatable bonds is 9. The molecule has 3 rings (SSSR count). The summed E-state index contributed by atoms with van der Waals surface area (Å²) >= 11 is 1.46. The minimum atomic E-state index is -0.661. The smallest absolute Gasteiger partial charge is 0.295 e. The fraction of sp³-hybridized carbons (Fsp3) is 0.417. The van der Waals surface area contributed by atoms with E-state index in [-0.39, 0.29) is 11.3 Å². The molecule has 0 radical (unpaired) electrons. The van der Waals surface area contributed by atoms with Crippen molar-refractivity contribution in [3.05, 3.63) is 57.3 Å². The number of amides is 1. The third-order valence-corrected chi connectivity index (χ3v) is 6.05. The van der Waals surface area contributed by atoms with Crippen LogP contribution >= 0.6 is 11.3 Å². The molecule has 1 aliphatic heterocycles. The number of methoxy groups -OCH3 is 1. The number of aryl methyl sites for hydroxylation is 1. The summed E-state index contributed by atoms with van der Waals surface area (Å²) in [6.07, 6.45) is 0.604. The van der Waals surface area contributed by atoms with Crippen molar-refractivity contribution in [2.75, 3.05) is 26.9 Å². The summed E-state index contributed by atoms with van der Waals surface area (Å²) in [5.41, 5.74) is 1.47. The van der Waals surface area contributed by atoms with Crippen LogP contribution in [0.2, 0.25) is 0 Å². The maximum Gasteiger partial charge on any atom is 0.295 e. The predicted molar refractivity (Wildman–Crippen MR) is 121 cm³/mol. The minimum Gasteiger partial charge on any atom is -0.507 e. The molecule has 1 atom stereocenters. The van der Waals surface area contributed by atoms with Gasteiger partial charge in [0, 0.05) is 30.7 Å². The number of carbonyl (C=O) groups excluding carboxylic acids is 2. The molecular formula is C24H29NO5S. The Labute approximate surface area is 187 Å². The number of ketones is 1. The van der Waals surface area contributed by atoms with E-state index >= 15 is 0 Å². The molecule has 1 saturated heterocycles. The van der Waals surface area contributed by atoms with Gasteiger partial charge in [0.15, 0.2) is 0 Å². The molecule has 2 aromatic rings. The minimum absolute atomic E-state index is 0.125. The molecule has 2 heterocycles. The van der Waals surface area contributed by atoms with Crippen molar-refractivity contribution < 1.29 is 24.2 Å². The lowest BCUT2D eigenvalue weighted by atomic mass is 9.98. The molecule has 166 valence electrons. The van der Waals surface area contributed by atoms with Crippen molar-refractivity contribution in [3.63, 3.8) is 0 Å². The van der Waals surface area contributed by atoms with Crippen molar-refractivity contribution in [1.29, 1.82) is 0 Å². The highest BCUT2D eigenvalue weighted by atomic mass is 32.1. The molecular weight excluding hydrogens is 414 g/mol. The first-order valence-electron chi connectivity index (χ1n) is 10.4. The molecule has 0 aliphatic carbocycles. The van der Waals surface area contributed by atoms with E-state index in [0.29, 0.717) is 37.7 Å². The highest BCUT2D eigenvalue weighted by Gasteiger charge is 2.46. The van der Waals surface area contributed by atoms with Gasteiger partial charge in [-0.3, -0.25) is 9.59 Å². The molecule has 0 spiro atoms. The SMILES string of the molecule is COCCCN1C(=O)C(=O)C(=C(O)c2ccc(OCC(C)C)c(C)c2)[C@@H]1c1cccs1. The maximum absolute atomic E-state index is 12.9. The van der Waals surface area contributed by atoms with E-state index in [1.165, 1.54) is 16.2 Å². The summed E-state index contributed by atoms with van der Waals surface area (Å²) in [4.78, 5) is 28.1. The molecule has 6 nitrogen and oxygen atoms in total. The Kier molecular flexibility index (Phi) is 7.51. The van der Waals surface area contributed by atoms with Crippen LogP contribution in [0.1, 0.15) is 42.3 Å². The number of hydrogen-bond donors (Lipinski definition) is 1. The largest absolute Gasteiger partial charge is 0.507 e. The van der Waals surface area contributed by atoms with Crippen LogP contribution < -0.4 is 4.74 Å². The number of hydrogen-bond acceptors (Lipinski definition) is 6. The first-order valence-corrected chi connectivity index (χ1v) is 11.3. The second-order valence-corrected chi connectivity index (χ2v) is 9.02. The van der Waals surface area contributed by atoms with Crippen LogP contribution in [0.15, 0.2) is 41.3 Å². The van der Waals surface area contributed by atoms with Gasteiger partial charge in [0.25, 0.3) is 11.7 Å². The third-order valence-electron chi connectivity index (χ3n) is 5.12. The molecule has 1 amide bonds. The highest BCUT2D eigenvalue weighted by molar-refractivity contribution is 7.10. The van der Waals surface area contributed by atoms with Crippen LogP contribution in [0.25, 0.3) is 5.76 Å². The number of aliphatic hydroxyl groups excluding tert-OH is 1. The predicted octanol–water partition coefficient (Wildman–Crippen LogP) is 4.55. The number of nitrogens with zero attached hydrogens (tertiary/aromatic N) is 1. The average molecular weight is 444 g/mol. The van der Waals surface area contributed by atoms with Crippen LogP contribution in [0.3, 0.4) is 0 Å². The first kappa shape index (κ1) is 23.0. The Hall–Kier alpha value is -2.64. The van der Waals surface area contributed by atoms with Crippen molar-refractivity contribution in [1.82, 2.24) is 4.90 Å². The molecule has 1 aliphatic rings. The molecule has 1 aromatic heterocycles. The lowest BCUT2D eigenvalue weighted by Crippen LogP contribution is -2.31. The van der Waals surface area contributed by atoms with E-state index in [1.54, 1.807) is 25.3 Å². The Morgan fingerprint density at radius 2 is 2.03 bits per heavy atom. The highest BCUT2D eigenvalue weighted by Crippen LogP contribution is 2.41. The van der Waals surface area contributed by atoms with Gasteiger partial charge in [-0.15, -0.1) is 11.3 Å². The van der Waals surface area contributed by atoms with Crippen LogP contribution in [-0.4, -0.2) is 48.6 Å². The van der Waals surface area contributed by atoms with Crippen molar-refractivity contribution >= 4 is 28.8 Å². The van der Waals surface area contributed by atoms with Gasteiger partial charge in [0.1, 0.15) is 11.5 Å². The van der Waals surface area contributed by atoms with Gasteiger partial charge in [0.2, 0.25) is 0 Å². The van der Waals surface area contributed by atoms with E-state index in [9.17, 15) is 14.7 Å². The van der Waals surface area contributed by atoms with E-state index in [1.807, 2.05) is 24.4 Å². The van der Waals surface area contributed by atoms with Crippen molar-refractivity contribution in [2.45, 2.75) is 33.2 Å². The van der Waals surface area contributed by atoms with Crippen LogP contribution in [0.5, 0.6) is 5.75 Å². The molecule has 0 bridgehead atoms. The lowest BCUT2D eigenvalue weighted by molar-refractivity contribution is -0.140. The maximum atomic E-state index is 12.9. The second kappa shape index (κ2) is 10.1. The van der Waals surface area contributed by atoms with Crippen molar-refractivity contribution in [3.8, 4) is 5.75 Å². The topological polar surface area (TPSA) is 76.1 Å². The molecule has 7 heteroatoms. The summed E-state index contributed by atoms with van der Waals surface area (Å²) in [5.74, 6) is -0.285. The van der Waals surface area contributed by atoms with Gasteiger partial charge < -0.3 is 19.5 Å². The number of thiophene rings is 1. The molecule has 0 saturated carbocycles. The van der Waals surface area contributed by atoms with Crippen LogP contribution in [-0.2, 0) is 14.3 Å². The number of likely N-dealkylation sites (tertiary alicyclic amines) is 1. The van der Waals surface area contributed by atoms with Crippen LogP contribution in [0.4, 0.5) is 0 Å². The third kappa shape index (κ3) is 4.99. The molecule has 1 fully saturated rings. The van der Waals surface area contributed by atoms with Crippen LogP contribution in [0, 0.1) is 12.8 Å². The van der Waals surface area contributed by atoms with Gasteiger partial charge in [0.05, 0.1) is 18.2 Å². The zero-order valence-corrected chi connectivity index (χ0v) is 19.2. The van der Waals surface area contributed by atoms with Crippen molar-refractivity contribution in [2.24, 2.45) is 5.92 Å². The van der Waals surface area contributed by atoms with Gasteiger partial charge in [-0.25, -0.2) is 0 Å². The van der Waals surface area contributed by atoms with E-state index in [0.717, 1.165) is 16.2 Å². The molecule has 31 heavy (non-hydrogen) atoms. The van der Waals surface area contributed by atoms with Gasteiger partial charge in [-0.1, -0.05) is 19.9 Å². The normalized spacial score (nSPS) is 18.2. The van der Waals surface area contributed by atoms with Gasteiger partial charge in [-0.2, -0.15) is 0 Å². The number of aliphatic hydroxyl groups is 1. The zero-order chi connectivity index (χ0) is 22.5. The molecule has 1 aromatic carbocycles. The van der Waals surface area contributed by atoms with E-state index in [2.05, 4.69) is 13.8 Å². The summed E-state index contributed by atoms with van der Waals surface area (Å²) in [6, 6.07) is 8.46. The zero-order valence-electron chi connectivity index (χ0n) is 18.4. The second-order valence-electron chi connectivity index (χ2n) is 8.04. The van der Waals surface area contributed by atoms with E-state index < -0.39 is 17.7 Å². The Bertz CT molecular complexity index is 964. The lowest BCUT2D eigenvalue weighted by Gasteiger charge is -2.24. The fourth-order valence-electron chi connectivity index (χ4n) is 3.60.